The minimum Gasteiger partial charge on any atom is -0.462 e. The molecule has 0 heterocycles. The summed E-state index contributed by atoms with van der Waals surface area (Å²) in [6.07, 6.45) is 2.81. The van der Waals surface area contributed by atoms with E-state index in [1.807, 2.05) is 26.0 Å². The van der Waals surface area contributed by atoms with Gasteiger partial charge in [0, 0.05) is 5.69 Å². The monoisotopic (exact) mass is 432 g/mol. The maximum absolute atomic E-state index is 12.5. The molecule has 0 fully saturated rings. The molecule has 0 radical (unpaired) electrons. The summed E-state index contributed by atoms with van der Waals surface area (Å²) in [7, 11) is -3.66. The molecule has 0 unspecified atom stereocenters. The number of rotatable bonds is 9. The number of esters is 1. The highest BCUT2D eigenvalue weighted by Gasteiger charge is 2.22. The second-order valence-electron chi connectivity index (χ2n) is 7.17. The van der Waals surface area contributed by atoms with Crippen LogP contribution in [0.4, 0.5) is 11.4 Å². The fourth-order valence-electron chi connectivity index (χ4n) is 2.78. The number of ether oxygens (including phenoxy) is 1. The van der Waals surface area contributed by atoms with Crippen LogP contribution < -0.4 is 9.62 Å². The molecule has 2 aromatic carbocycles. The van der Waals surface area contributed by atoms with Crippen molar-refractivity contribution in [2.45, 2.75) is 33.6 Å². The zero-order chi connectivity index (χ0) is 22.3. The average Bonchev–Trinajstić information content (AvgIpc) is 2.68. The predicted molar refractivity (Wildman–Crippen MR) is 118 cm³/mol. The molecule has 0 aliphatic rings. The van der Waals surface area contributed by atoms with Crippen molar-refractivity contribution in [2.24, 2.45) is 0 Å². The van der Waals surface area contributed by atoms with E-state index in [0.29, 0.717) is 23.5 Å². The molecule has 0 bridgehead atoms. The van der Waals surface area contributed by atoms with Crippen molar-refractivity contribution >= 4 is 33.3 Å². The summed E-state index contributed by atoms with van der Waals surface area (Å²) >= 11 is 0. The lowest BCUT2D eigenvalue weighted by Gasteiger charge is -2.24. The number of unbranched alkanes of at least 4 members (excludes halogenated alkanes) is 1. The fourth-order valence-corrected chi connectivity index (χ4v) is 3.69. The predicted octanol–water partition coefficient (Wildman–Crippen LogP) is 3.67. The molecule has 1 amide bonds. The van der Waals surface area contributed by atoms with Gasteiger partial charge in [-0.1, -0.05) is 25.5 Å². The van der Waals surface area contributed by atoms with Gasteiger partial charge in [-0.25, -0.2) is 13.2 Å². The standard InChI is InChI=1S/C22H28N2O5S/c1-5-6-13-29-22(26)18-9-11-19(12-10-18)23-21(25)15-24(30(4,27)28)20-14-16(2)7-8-17(20)3/h7-12,14H,5-6,13,15H2,1-4H3,(H,23,25). The number of aryl methyl sites for hydroxylation is 2. The number of hydrogen-bond donors (Lipinski definition) is 1. The van der Waals surface area contributed by atoms with E-state index in [2.05, 4.69) is 5.32 Å². The Bertz CT molecular complexity index is 1000. The van der Waals surface area contributed by atoms with Crippen LogP contribution in [-0.2, 0) is 19.6 Å². The largest absolute Gasteiger partial charge is 0.462 e. The minimum atomic E-state index is -3.66. The molecule has 8 heteroatoms. The Morgan fingerprint density at radius 2 is 1.73 bits per heavy atom. The molecule has 30 heavy (non-hydrogen) atoms. The lowest BCUT2D eigenvalue weighted by Crippen LogP contribution is -2.37. The zero-order valence-corrected chi connectivity index (χ0v) is 18.6. The fraction of sp³-hybridized carbons (Fsp3) is 0.364. The number of nitrogens with one attached hydrogen (secondary N) is 1. The smallest absolute Gasteiger partial charge is 0.338 e. The van der Waals surface area contributed by atoms with Crippen molar-refractivity contribution in [1.29, 1.82) is 0 Å². The van der Waals surface area contributed by atoms with Crippen LogP contribution in [0.25, 0.3) is 0 Å². The van der Waals surface area contributed by atoms with E-state index in [1.165, 1.54) is 0 Å². The summed E-state index contributed by atoms with van der Waals surface area (Å²) in [5.74, 6) is -0.904. The lowest BCUT2D eigenvalue weighted by atomic mass is 10.1. The molecule has 7 nitrogen and oxygen atoms in total. The van der Waals surface area contributed by atoms with Crippen molar-refractivity contribution in [1.82, 2.24) is 0 Å². The molecule has 0 aliphatic heterocycles. The SMILES string of the molecule is CCCCOC(=O)c1ccc(NC(=O)CN(c2cc(C)ccc2C)S(C)(=O)=O)cc1. The normalized spacial score (nSPS) is 11.1. The van der Waals surface area contributed by atoms with Gasteiger partial charge in [-0.15, -0.1) is 0 Å². The van der Waals surface area contributed by atoms with Crippen LogP contribution in [0.5, 0.6) is 0 Å². The Labute approximate surface area is 178 Å². The third-order valence-electron chi connectivity index (χ3n) is 4.46. The van der Waals surface area contributed by atoms with Gasteiger partial charge in [0.15, 0.2) is 0 Å². The number of anilines is 2. The van der Waals surface area contributed by atoms with Gasteiger partial charge >= 0.3 is 5.97 Å². The van der Waals surface area contributed by atoms with Crippen LogP contribution in [0.15, 0.2) is 42.5 Å². The third kappa shape index (κ3) is 6.59. The van der Waals surface area contributed by atoms with Crippen LogP contribution in [0, 0.1) is 13.8 Å². The van der Waals surface area contributed by atoms with E-state index < -0.39 is 21.9 Å². The molecule has 0 atom stereocenters. The second kappa shape index (κ2) is 10.2. The Morgan fingerprint density at radius 1 is 1.07 bits per heavy atom. The van der Waals surface area contributed by atoms with Crippen LogP contribution in [0.2, 0.25) is 0 Å². The highest BCUT2D eigenvalue weighted by molar-refractivity contribution is 7.92. The van der Waals surface area contributed by atoms with Crippen molar-refractivity contribution in [3.63, 3.8) is 0 Å². The number of carbonyl (C=O) groups excluding carboxylic acids is 2. The Kier molecular flexibility index (Phi) is 8.00. The van der Waals surface area contributed by atoms with Crippen molar-refractivity contribution in [2.75, 3.05) is 29.0 Å². The summed E-state index contributed by atoms with van der Waals surface area (Å²) in [5, 5.41) is 2.67. The van der Waals surface area contributed by atoms with Gasteiger partial charge in [-0.3, -0.25) is 9.10 Å². The molecule has 0 saturated carbocycles. The van der Waals surface area contributed by atoms with Crippen molar-refractivity contribution in [3.8, 4) is 0 Å². The number of carbonyl (C=O) groups is 2. The van der Waals surface area contributed by atoms with E-state index in [4.69, 9.17) is 4.74 Å². The van der Waals surface area contributed by atoms with E-state index in [-0.39, 0.29) is 6.54 Å². The zero-order valence-electron chi connectivity index (χ0n) is 17.8. The summed E-state index contributed by atoms with van der Waals surface area (Å²) in [6, 6.07) is 11.7. The van der Waals surface area contributed by atoms with Crippen LogP contribution in [0.3, 0.4) is 0 Å². The first-order chi connectivity index (χ1) is 14.1. The molecule has 0 aliphatic carbocycles. The van der Waals surface area contributed by atoms with E-state index in [9.17, 15) is 18.0 Å². The Morgan fingerprint density at radius 3 is 2.33 bits per heavy atom. The Balaban J connectivity index is 2.09. The average molecular weight is 433 g/mol. The van der Waals surface area contributed by atoms with Crippen molar-refractivity contribution < 1.29 is 22.7 Å². The summed E-state index contributed by atoms with van der Waals surface area (Å²) in [6.45, 7) is 5.68. The number of benzene rings is 2. The highest BCUT2D eigenvalue weighted by Crippen LogP contribution is 2.24. The highest BCUT2D eigenvalue weighted by atomic mass is 32.2. The molecule has 0 saturated heterocycles. The first kappa shape index (κ1) is 23.4. The molecule has 1 N–H and O–H groups in total. The molecular weight excluding hydrogens is 404 g/mol. The van der Waals surface area contributed by atoms with Gasteiger partial charge in [-0.2, -0.15) is 0 Å². The maximum atomic E-state index is 12.5. The van der Waals surface area contributed by atoms with Gasteiger partial charge in [0.2, 0.25) is 15.9 Å². The van der Waals surface area contributed by atoms with Crippen LogP contribution >= 0.6 is 0 Å². The number of hydrogen-bond acceptors (Lipinski definition) is 5. The molecular formula is C22H28N2O5S. The van der Waals surface area contributed by atoms with Crippen LogP contribution in [-0.4, -0.2) is 39.7 Å². The molecule has 0 aromatic heterocycles. The van der Waals surface area contributed by atoms with E-state index >= 15 is 0 Å². The van der Waals surface area contributed by atoms with Gasteiger partial charge in [0.25, 0.3) is 0 Å². The maximum Gasteiger partial charge on any atom is 0.338 e. The summed E-state index contributed by atoms with van der Waals surface area (Å²) in [5.41, 5.74) is 2.96. The van der Waals surface area contributed by atoms with Gasteiger partial charge in [-0.05, 0) is 61.7 Å². The summed E-state index contributed by atoms with van der Waals surface area (Å²) < 4.78 is 30.8. The van der Waals surface area contributed by atoms with Gasteiger partial charge in [0.05, 0.1) is 24.1 Å². The molecule has 2 aromatic rings. The second-order valence-corrected chi connectivity index (χ2v) is 9.08. The first-order valence-corrected chi connectivity index (χ1v) is 11.6. The van der Waals surface area contributed by atoms with Crippen molar-refractivity contribution in [3.05, 3.63) is 59.2 Å². The first-order valence-electron chi connectivity index (χ1n) is 9.74. The van der Waals surface area contributed by atoms with E-state index in [0.717, 1.165) is 34.5 Å². The third-order valence-corrected chi connectivity index (χ3v) is 5.58. The van der Waals surface area contributed by atoms with Gasteiger partial charge < -0.3 is 10.1 Å². The topological polar surface area (TPSA) is 92.8 Å². The minimum absolute atomic E-state index is 0.357. The Hall–Kier alpha value is -2.87. The number of amides is 1. The van der Waals surface area contributed by atoms with E-state index in [1.54, 1.807) is 37.3 Å². The lowest BCUT2D eigenvalue weighted by molar-refractivity contribution is -0.114. The number of sulfonamides is 1. The molecule has 0 spiro atoms. The molecule has 2 rings (SSSR count). The molecule has 162 valence electrons. The van der Waals surface area contributed by atoms with Crippen LogP contribution in [0.1, 0.15) is 41.3 Å². The number of nitrogens with zero attached hydrogens (tertiary/aromatic N) is 1. The van der Waals surface area contributed by atoms with Gasteiger partial charge in [0.1, 0.15) is 6.54 Å². The summed E-state index contributed by atoms with van der Waals surface area (Å²) in [4.78, 5) is 24.5. The quantitative estimate of drug-likeness (QED) is 0.482.